The molecule has 4 aliphatic carbocycles. The monoisotopic (exact) mass is 1640 g/mol. The van der Waals surface area contributed by atoms with E-state index < -0.39 is 10.8 Å². The van der Waals surface area contributed by atoms with Crippen molar-refractivity contribution in [2.75, 3.05) is 0 Å². The van der Waals surface area contributed by atoms with Gasteiger partial charge in [0.25, 0.3) is 0 Å². The molecule has 0 unspecified atom stereocenters. The van der Waals surface area contributed by atoms with Crippen LogP contribution in [0.15, 0.2) is 417 Å². The summed E-state index contributed by atoms with van der Waals surface area (Å²) < 4.78 is 9.86. The molecule has 2 aromatic heterocycles. The molecule has 29 rings (SSSR count). The van der Waals surface area contributed by atoms with Crippen LogP contribution in [0.4, 0.5) is 0 Å². The lowest BCUT2D eigenvalue weighted by Gasteiger charge is -2.36. The minimum atomic E-state index is -0.472. The van der Waals surface area contributed by atoms with Gasteiger partial charge in [0, 0.05) is 41.9 Å². The Hall–Kier alpha value is -15.6. The van der Waals surface area contributed by atoms with E-state index in [1.54, 1.807) is 0 Å². The number of furan rings is 1. The highest BCUT2D eigenvalue weighted by atomic mass is 32.1. The van der Waals surface area contributed by atoms with Crippen molar-refractivity contribution in [1.82, 2.24) is 0 Å². The normalized spacial score (nSPS) is 13.6. The molecular weight excluding hydrogens is 1560 g/mol. The van der Waals surface area contributed by atoms with Crippen LogP contribution < -0.4 is 0 Å². The fourth-order valence-electron chi connectivity index (χ4n) is 24.8. The summed E-state index contributed by atoms with van der Waals surface area (Å²) in [5, 5.41) is 28.5. The van der Waals surface area contributed by atoms with Crippen molar-refractivity contribution in [3.05, 3.63) is 479 Å². The van der Waals surface area contributed by atoms with Crippen molar-refractivity contribution in [3.63, 3.8) is 0 Å². The van der Waals surface area contributed by atoms with Gasteiger partial charge in [-0.25, -0.2) is 0 Å². The summed E-state index contributed by atoms with van der Waals surface area (Å²) in [6.45, 7) is 4.41. The molecule has 23 aromatic carbocycles. The molecule has 0 atom stereocenters. The third-order valence-electron chi connectivity index (χ3n) is 29.7. The number of thiophene rings is 1. The van der Waals surface area contributed by atoms with E-state index in [2.05, 4.69) is 426 Å². The fraction of sp³-hybridized carbons (Fsp3) is 0.0476. The average molecular weight is 1640 g/mol. The van der Waals surface area contributed by atoms with Crippen LogP contribution in [0.3, 0.4) is 0 Å². The smallest absolute Gasteiger partial charge is 0.143 e. The lowest BCUT2D eigenvalue weighted by atomic mass is 9.65. The summed E-state index contributed by atoms with van der Waals surface area (Å²) in [7, 11) is 0. The van der Waals surface area contributed by atoms with Gasteiger partial charge < -0.3 is 4.42 Å². The molecule has 2 heterocycles. The van der Waals surface area contributed by atoms with Gasteiger partial charge in [-0.05, 0) is 283 Å². The summed E-state index contributed by atoms with van der Waals surface area (Å²) in [4.78, 5) is 0. The molecule has 0 fully saturated rings. The van der Waals surface area contributed by atoms with E-state index in [9.17, 15) is 0 Å². The predicted octanol–water partition coefficient (Wildman–Crippen LogP) is 34.1. The van der Waals surface area contributed by atoms with Crippen LogP contribution >= 0.6 is 11.3 Å². The highest BCUT2D eigenvalue weighted by Crippen LogP contribution is 2.66. The zero-order valence-electron chi connectivity index (χ0n) is 70.5. The van der Waals surface area contributed by atoms with E-state index in [-0.39, 0.29) is 0 Å². The van der Waals surface area contributed by atoms with E-state index in [0.29, 0.717) is 0 Å². The third kappa shape index (κ3) is 9.69. The van der Waals surface area contributed by atoms with Gasteiger partial charge in [0.15, 0.2) is 0 Å². The summed E-state index contributed by atoms with van der Waals surface area (Å²) in [6.07, 6.45) is 2.16. The molecule has 2 heteroatoms. The summed E-state index contributed by atoms with van der Waals surface area (Å²) >= 11 is 2.00. The maximum atomic E-state index is 7.07. The second-order valence-corrected chi connectivity index (χ2v) is 37.1. The van der Waals surface area contributed by atoms with Crippen LogP contribution in [0.1, 0.15) is 66.8 Å². The fourth-order valence-corrected chi connectivity index (χ4v) is 26.1. The van der Waals surface area contributed by atoms with Gasteiger partial charge >= 0.3 is 0 Å². The van der Waals surface area contributed by atoms with Crippen molar-refractivity contribution < 1.29 is 4.42 Å². The van der Waals surface area contributed by atoms with E-state index in [1.807, 2.05) is 11.3 Å². The molecule has 25 aromatic rings. The Kier molecular flexibility index (Phi) is 15.1. The average Bonchev–Trinajstić information content (AvgIpc) is 1.49. The zero-order chi connectivity index (χ0) is 83.9. The van der Waals surface area contributed by atoms with Crippen molar-refractivity contribution in [3.8, 4) is 77.9 Å². The second-order valence-electron chi connectivity index (χ2n) is 36.1. The van der Waals surface area contributed by atoms with Crippen LogP contribution in [-0.2, 0) is 23.7 Å². The quantitative estimate of drug-likeness (QED) is 0.109. The first-order valence-corrected chi connectivity index (χ1v) is 45.9. The summed E-state index contributed by atoms with van der Waals surface area (Å²) in [5.74, 6) is 0. The third-order valence-corrected chi connectivity index (χ3v) is 30.9. The molecule has 1 spiro atoms. The van der Waals surface area contributed by atoms with Crippen LogP contribution in [0, 0.1) is 13.8 Å². The topological polar surface area (TPSA) is 13.1 Å². The molecule has 0 saturated carbocycles. The summed E-state index contributed by atoms with van der Waals surface area (Å²) in [5.41, 5.74) is 35.0. The number of fused-ring (bicyclic) bond motifs is 18. The molecule has 0 N–H and O–H groups in total. The molecule has 0 radical (unpaired) electrons. The first kappa shape index (κ1) is 71.8. The van der Waals surface area contributed by atoms with E-state index in [1.165, 1.54) is 267 Å². The highest BCUT2D eigenvalue weighted by Gasteiger charge is 2.53. The Morgan fingerprint density at radius 2 is 0.734 bits per heavy atom. The maximum Gasteiger partial charge on any atom is 0.143 e. The largest absolute Gasteiger partial charge is 0.455 e. The van der Waals surface area contributed by atoms with Crippen molar-refractivity contribution in [2.24, 2.45) is 0 Å². The van der Waals surface area contributed by atoms with Gasteiger partial charge in [0.2, 0.25) is 0 Å². The second kappa shape index (κ2) is 27.0. The van der Waals surface area contributed by atoms with Crippen molar-refractivity contribution in [1.29, 1.82) is 0 Å². The number of benzene rings is 23. The van der Waals surface area contributed by atoms with Gasteiger partial charge in [-0.1, -0.05) is 387 Å². The molecule has 4 aliphatic rings. The Morgan fingerprint density at radius 3 is 1.39 bits per heavy atom. The first-order chi connectivity index (χ1) is 63.3. The van der Waals surface area contributed by atoms with Gasteiger partial charge in [-0.3, -0.25) is 0 Å². The summed E-state index contributed by atoms with van der Waals surface area (Å²) in [6, 6.07) is 156. The van der Waals surface area contributed by atoms with Crippen LogP contribution in [0.25, 0.3) is 217 Å². The van der Waals surface area contributed by atoms with Crippen LogP contribution in [0.2, 0.25) is 0 Å². The zero-order valence-corrected chi connectivity index (χ0v) is 71.3. The van der Waals surface area contributed by atoms with Crippen molar-refractivity contribution >= 4 is 150 Å². The Morgan fingerprint density at radius 1 is 0.242 bits per heavy atom. The Bertz CT molecular complexity index is 9080. The minimum absolute atomic E-state index is 0.400. The molecule has 1 nitrogen and oxygen atoms in total. The lowest BCUT2D eigenvalue weighted by molar-refractivity contribution is 0.665. The van der Waals surface area contributed by atoms with E-state index >= 15 is 0 Å². The highest BCUT2D eigenvalue weighted by molar-refractivity contribution is 7.27. The Balaban J connectivity index is 0.000000132. The SMILES string of the molecule is Cc1ccc2c(-c3cc(-c4ccc5c6c4oc4cccc(c46)C54c5ccccc5-c5ccccc54)c4ccccc4c3)c3cc(C)ccc3c(-c3ccccc3)c2c1.c1ccc(C2(c3ccccc3)c3cc(-c4ccc(-c5c6ccccc6c(-c6cc7ccccc7c7ccccc67)c6ccccc56)c5ccccc45)cc4sc5c6cccc7c6c(c2c5c34)CC7)cc1. The Labute approximate surface area is 744 Å². The molecule has 128 heavy (non-hydrogen) atoms. The van der Waals surface area contributed by atoms with Gasteiger partial charge in [-0.2, -0.15) is 0 Å². The molecule has 0 amide bonds. The van der Waals surface area contributed by atoms with Crippen LogP contribution in [-0.4, -0.2) is 0 Å². The number of aryl methyl sites for hydroxylation is 4. The molecule has 0 saturated heterocycles. The predicted molar refractivity (Wildman–Crippen MR) is 543 cm³/mol. The van der Waals surface area contributed by atoms with Gasteiger partial charge in [0.05, 0.1) is 10.8 Å². The standard InChI is InChI=1S/C69H42S.C57H36O/c1-3-20-44(21-4-1)69(45-22-5-2-6-23-45)60-39-43(40-61-65(60)66-67(69)57-35-34-41-19-17-33-58(62(41)57)68(66)70-61)47-36-37-56(50-27-11-9-26-49(47)50)63-52-29-13-15-31-54(52)64(55-32-16-14-30-53(55)63)59-38-42-18-7-8-24-46(42)48-25-10-12-28-51(48)59;1-33-24-26-42-45(29-33)52(35-13-4-3-5-14-35)41-25-23-34(2)30-46(41)53(42)37-31-36-15-6-7-16-38(36)44(32-37)43-27-28-50-55-54-49(21-12-22-51(54)58-56(43)55)57(50)47-19-10-8-17-39(47)40-18-9-11-20-48(40)57/h1-33,36-40H,34-35H2;3-32H,1-2H3. The van der Waals surface area contributed by atoms with Gasteiger partial charge in [0.1, 0.15) is 11.2 Å². The van der Waals surface area contributed by atoms with Crippen LogP contribution in [0.5, 0.6) is 0 Å². The lowest BCUT2D eigenvalue weighted by Crippen LogP contribution is -2.30. The molecular formula is C126H78OS. The van der Waals surface area contributed by atoms with E-state index in [0.717, 1.165) is 29.6 Å². The number of hydrogen-bond acceptors (Lipinski definition) is 2. The number of rotatable bonds is 8. The molecule has 0 bridgehead atoms. The van der Waals surface area contributed by atoms with Gasteiger partial charge in [-0.15, -0.1) is 11.3 Å². The maximum absolute atomic E-state index is 7.07. The van der Waals surface area contributed by atoms with Crippen molar-refractivity contribution in [2.45, 2.75) is 37.5 Å². The first-order valence-electron chi connectivity index (χ1n) is 45.0. The molecule has 0 aliphatic heterocycles. The minimum Gasteiger partial charge on any atom is -0.455 e. The van der Waals surface area contributed by atoms with E-state index in [4.69, 9.17) is 4.42 Å². The number of hydrogen-bond donors (Lipinski definition) is 0. The molecule has 594 valence electrons.